The van der Waals surface area contributed by atoms with E-state index in [1.54, 1.807) is 0 Å². The van der Waals surface area contributed by atoms with E-state index in [0.29, 0.717) is 5.56 Å². The molecule has 0 fully saturated rings. The van der Waals surface area contributed by atoms with Gasteiger partial charge in [-0.05, 0) is 39.0 Å². The molecular weight excluding hydrogens is 233 g/mol. The molecule has 0 spiro atoms. The number of carbonyl (C=O) groups is 1. The van der Waals surface area contributed by atoms with Crippen molar-refractivity contribution in [3.05, 3.63) is 35.1 Å². The summed E-state index contributed by atoms with van der Waals surface area (Å²) in [6, 6.07) is 3.80. The second-order valence-corrected chi connectivity index (χ2v) is 4.85. The van der Waals surface area contributed by atoms with E-state index in [-0.39, 0.29) is 18.1 Å². The second-order valence-electron chi connectivity index (χ2n) is 4.85. The van der Waals surface area contributed by atoms with E-state index in [4.69, 9.17) is 5.11 Å². The van der Waals surface area contributed by atoms with Crippen molar-refractivity contribution in [2.75, 3.05) is 6.61 Å². The zero-order valence-corrected chi connectivity index (χ0v) is 10.7. The Balaban J connectivity index is 3.13. The molecule has 96 valence electrons. The Morgan fingerprint density at radius 2 is 2.11 bits per heavy atom. The van der Waals surface area contributed by atoms with E-state index in [0.717, 1.165) is 6.07 Å². The van der Waals surface area contributed by atoms with Gasteiger partial charge in [0.1, 0.15) is 12.4 Å². The van der Waals surface area contributed by atoms with Crippen LogP contribution in [0, 0.1) is 17.7 Å². The molecule has 1 aromatic rings. The van der Waals surface area contributed by atoms with Gasteiger partial charge in [-0.3, -0.25) is 4.79 Å². The third kappa shape index (κ3) is 4.19. The highest BCUT2D eigenvalue weighted by molar-refractivity contribution is 5.97. The predicted molar refractivity (Wildman–Crippen MR) is 67.6 cm³/mol. The number of carbonyl (C=O) groups excluding carboxylic acids is 1. The molecule has 1 rings (SSSR count). The SMILES string of the molecule is CC(C)(C)NC(=O)c1cc(F)ccc1C#CCO. The largest absolute Gasteiger partial charge is 0.384 e. The normalized spacial score (nSPS) is 10.5. The summed E-state index contributed by atoms with van der Waals surface area (Å²) >= 11 is 0. The fraction of sp³-hybridized carbons (Fsp3) is 0.357. The molecule has 2 N–H and O–H groups in total. The molecule has 0 radical (unpaired) electrons. The monoisotopic (exact) mass is 249 g/mol. The molecule has 18 heavy (non-hydrogen) atoms. The molecule has 0 aliphatic carbocycles. The van der Waals surface area contributed by atoms with E-state index in [1.165, 1.54) is 12.1 Å². The summed E-state index contributed by atoms with van der Waals surface area (Å²) in [4.78, 5) is 12.0. The Labute approximate surface area is 106 Å². The van der Waals surface area contributed by atoms with Gasteiger partial charge in [-0.1, -0.05) is 11.8 Å². The van der Waals surface area contributed by atoms with Gasteiger partial charge in [0.05, 0.1) is 5.56 Å². The summed E-state index contributed by atoms with van der Waals surface area (Å²) in [7, 11) is 0. The number of hydrogen-bond acceptors (Lipinski definition) is 2. The van der Waals surface area contributed by atoms with Crippen molar-refractivity contribution < 1.29 is 14.3 Å². The maximum Gasteiger partial charge on any atom is 0.253 e. The van der Waals surface area contributed by atoms with Gasteiger partial charge >= 0.3 is 0 Å². The topological polar surface area (TPSA) is 49.3 Å². The summed E-state index contributed by atoms with van der Waals surface area (Å²) < 4.78 is 13.2. The fourth-order valence-electron chi connectivity index (χ4n) is 1.36. The van der Waals surface area contributed by atoms with Crippen LogP contribution in [0.4, 0.5) is 4.39 Å². The summed E-state index contributed by atoms with van der Waals surface area (Å²) in [6.07, 6.45) is 0. The van der Waals surface area contributed by atoms with Crippen molar-refractivity contribution in [3.8, 4) is 11.8 Å². The summed E-state index contributed by atoms with van der Waals surface area (Å²) in [5.41, 5.74) is 0.156. The van der Waals surface area contributed by atoms with Gasteiger partial charge in [-0.25, -0.2) is 4.39 Å². The molecule has 4 heteroatoms. The number of nitrogens with one attached hydrogen (secondary N) is 1. The molecule has 0 unspecified atom stereocenters. The van der Waals surface area contributed by atoms with Crippen molar-refractivity contribution in [1.29, 1.82) is 0 Å². The van der Waals surface area contributed by atoms with Crippen LogP contribution in [-0.2, 0) is 0 Å². The molecule has 1 amide bonds. The van der Waals surface area contributed by atoms with Gasteiger partial charge in [0.25, 0.3) is 5.91 Å². The average Bonchev–Trinajstić information content (AvgIpc) is 2.25. The van der Waals surface area contributed by atoms with Gasteiger partial charge in [-0.2, -0.15) is 0 Å². The number of halogens is 1. The van der Waals surface area contributed by atoms with E-state index in [2.05, 4.69) is 17.2 Å². The first kappa shape index (κ1) is 14.2. The predicted octanol–water partition coefficient (Wildman–Crippen LogP) is 1.70. The van der Waals surface area contributed by atoms with Crippen molar-refractivity contribution in [1.82, 2.24) is 5.32 Å². The molecule has 0 saturated heterocycles. The van der Waals surface area contributed by atoms with E-state index in [9.17, 15) is 9.18 Å². The molecule has 0 aromatic heterocycles. The van der Waals surface area contributed by atoms with Crippen LogP contribution in [0.1, 0.15) is 36.7 Å². The van der Waals surface area contributed by atoms with Crippen molar-refractivity contribution in [3.63, 3.8) is 0 Å². The van der Waals surface area contributed by atoms with Gasteiger partial charge < -0.3 is 10.4 Å². The van der Waals surface area contributed by atoms with Crippen molar-refractivity contribution >= 4 is 5.91 Å². The number of benzene rings is 1. The first-order valence-corrected chi connectivity index (χ1v) is 5.55. The third-order valence-corrected chi connectivity index (χ3v) is 2.02. The average molecular weight is 249 g/mol. The van der Waals surface area contributed by atoms with Gasteiger partial charge in [0.15, 0.2) is 0 Å². The van der Waals surface area contributed by atoms with Gasteiger partial charge in [0, 0.05) is 11.1 Å². The van der Waals surface area contributed by atoms with Crippen LogP contribution in [0.25, 0.3) is 0 Å². The van der Waals surface area contributed by atoms with Gasteiger partial charge in [0.2, 0.25) is 0 Å². The molecule has 0 atom stereocenters. The minimum Gasteiger partial charge on any atom is -0.384 e. The van der Waals surface area contributed by atoms with E-state index in [1.807, 2.05) is 20.8 Å². The molecular formula is C14H16FNO2. The lowest BCUT2D eigenvalue weighted by atomic mass is 10.0. The summed E-state index contributed by atoms with van der Waals surface area (Å²) in [5.74, 6) is 4.19. The Kier molecular flexibility index (Phi) is 4.46. The molecule has 0 aliphatic rings. The highest BCUT2D eigenvalue weighted by Gasteiger charge is 2.17. The Morgan fingerprint density at radius 1 is 1.44 bits per heavy atom. The molecule has 0 heterocycles. The first-order valence-electron chi connectivity index (χ1n) is 5.55. The van der Waals surface area contributed by atoms with E-state index >= 15 is 0 Å². The van der Waals surface area contributed by atoms with Crippen LogP contribution < -0.4 is 5.32 Å². The lowest BCUT2D eigenvalue weighted by Gasteiger charge is -2.21. The minimum absolute atomic E-state index is 0.172. The Hall–Kier alpha value is -1.86. The van der Waals surface area contributed by atoms with Crippen LogP contribution in [0.5, 0.6) is 0 Å². The van der Waals surface area contributed by atoms with Crippen molar-refractivity contribution in [2.45, 2.75) is 26.3 Å². The number of hydrogen-bond donors (Lipinski definition) is 2. The molecule has 0 bridgehead atoms. The quantitative estimate of drug-likeness (QED) is 0.744. The minimum atomic E-state index is -0.497. The van der Waals surface area contributed by atoms with Crippen LogP contribution in [0.3, 0.4) is 0 Å². The maximum absolute atomic E-state index is 13.2. The standard InChI is InChI=1S/C14H16FNO2/c1-14(2,3)16-13(18)12-9-11(15)7-6-10(12)5-4-8-17/h6-7,9,17H,8H2,1-3H3,(H,16,18). The zero-order chi connectivity index (χ0) is 13.8. The summed E-state index contributed by atoms with van der Waals surface area (Å²) in [5, 5.41) is 11.4. The van der Waals surface area contributed by atoms with Crippen LogP contribution in [0.2, 0.25) is 0 Å². The van der Waals surface area contributed by atoms with Crippen molar-refractivity contribution in [2.24, 2.45) is 0 Å². The lowest BCUT2D eigenvalue weighted by molar-refractivity contribution is 0.0919. The first-order chi connectivity index (χ1) is 8.33. The van der Waals surface area contributed by atoms with Gasteiger partial charge in [-0.15, -0.1) is 0 Å². The van der Waals surface area contributed by atoms with Crippen LogP contribution >= 0.6 is 0 Å². The fourth-order valence-corrected chi connectivity index (χ4v) is 1.36. The van der Waals surface area contributed by atoms with Crippen LogP contribution in [-0.4, -0.2) is 23.2 Å². The molecule has 3 nitrogen and oxygen atoms in total. The van der Waals surface area contributed by atoms with Crippen LogP contribution in [0.15, 0.2) is 18.2 Å². The smallest absolute Gasteiger partial charge is 0.253 e. The van der Waals surface area contributed by atoms with E-state index < -0.39 is 11.4 Å². The number of rotatable bonds is 1. The Morgan fingerprint density at radius 3 is 2.67 bits per heavy atom. The highest BCUT2D eigenvalue weighted by atomic mass is 19.1. The number of amides is 1. The molecule has 1 aromatic carbocycles. The highest BCUT2D eigenvalue weighted by Crippen LogP contribution is 2.12. The lowest BCUT2D eigenvalue weighted by Crippen LogP contribution is -2.40. The maximum atomic E-state index is 13.2. The zero-order valence-electron chi connectivity index (χ0n) is 10.7. The third-order valence-electron chi connectivity index (χ3n) is 2.02. The summed E-state index contributed by atoms with van der Waals surface area (Å²) in [6.45, 7) is 5.20. The second kappa shape index (κ2) is 5.65. The number of aliphatic hydroxyl groups excluding tert-OH is 1. The molecule has 0 saturated carbocycles. The number of aliphatic hydroxyl groups is 1. The Bertz CT molecular complexity index is 507. The molecule has 0 aliphatic heterocycles.